The number of aliphatic carboxylic acids is 1. The highest BCUT2D eigenvalue weighted by atomic mass is 16.6. The minimum Gasteiger partial charge on any atom is -0.481 e. The number of anilines is 1. The van der Waals surface area contributed by atoms with E-state index in [2.05, 4.69) is 5.32 Å². The molecule has 0 radical (unpaired) electrons. The van der Waals surface area contributed by atoms with E-state index in [4.69, 9.17) is 10.4 Å². The number of carbonyl (C=O) groups is 1. The first-order chi connectivity index (χ1) is 9.52. The van der Waals surface area contributed by atoms with Gasteiger partial charge >= 0.3 is 5.97 Å². The van der Waals surface area contributed by atoms with Gasteiger partial charge in [0, 0.05) is 17.8 Å². The van der Waals surface area contributed by atoms with Crippen molar-refractivity contribution in [3.05, 3.63) is 33.9 Å². The molecule has 0 saturated heterocycles. The molecule has 0 bridgehead atoms. The van der Waals surface area contributed by atoms with Crippen molar-refractivity contribution >= 4 is 17.3 Å². The Bertz CT molecular complexity index is 594. The van der Waals surface area contributed by atoms with Crippen molar-refractivity contribution in [2.45, 2.75) is 25.3 Å². The van der Waals surface area contributed by atoms with E-state index in [-0.39, 0.29) is 17.3 Å². The molecule has 1 fully saturated rings. The van der Waals surface area contributed by atoms with Crippen LogP contribution in [0.25, 0.3) is 0 Å². The number of rotatable bonds is 4. The summed E-state index contributed by atoms with van der Waals surface area (Å²) in [5, 5.41) is 31.8. The Kier molecular flexibility index (Phi) is 3.84. The Balaban J connectivity index is 2.22. The maximum absolute atomic E-state index is 11.1. The lowest BCUT2D eigenvalue weighted by molar-refractivity contribution is -0.385. The van der Waals surface area contributed by atoms with Crippen molar-refractivity contribution in [1.82, 2.24) is 0 Å². The van der Waals surface area contributed by atoms with Gasteiger partial charge in [0.1, 0.15) is 11.6 Å². The van der Waals surface area contributed by atoms with Crippen LogP contribution in [0.4, 0.5) is 11.4 Å². The Hall–Kier alpha value is -2.62. The molecule has 2 N–H and O–H groups in total. The molecule has 20 heavy (non-hydrogen) atoms. The molecule has 2 rings (SSSR count). The summed E-state index contributed by atoms with van der Waals surface area (Å²) >= 11 is 0. The lowest BCUT2D eigenvalue weighted by Crippen LogP contribution is -2.29. The molecular weight excluding hydrogens is 262 g/mol. The van der Waals surface area contributed by atoms with Crippen molar-refractivity contribution in [2.75, 3.05) is 5.32 Å². The smallest absolute Gasteiger partial charge is 0.308 e. The Labute approximate surface area is 115 Å². The molecule has 0 aliphatic heterocycles. The number of benzene rings is 1. The van der Waals surface area contributed by atoms with E-state index in [1.54, 1.807) is 12.1 Å². The fourth-order valence-corrected chi connectivity index (χ4v) is 2.51. The van der Waals surface area contributed by atoms with Crippen LogP contribution in [-0.2, 0) is 4.79 Å². The fraction of sp³-hybridized carbons (Fsp3) is 0.385. The molecule has 1 saturated carbocycles. The molecule has 7 nitrogen and oxygen atoms in total. The van der Waals surface area contributed by atoms with E-state index in [1.165, 1.54) is 12.1 Å². The second kappa shape index (κ2) is 5.57. The maximum atomic E-state index is 11.1. The molecule has 1 aliphatic rings. The molecule has 104 valence electrons. The second-order valence-corrected chi connectivity index (χ2v) is 4.73. The number of hydrogen-bond donors (Lipinski definition) is 2. The first kappa shape index (κ1) is 13.8. The molecular formula is C13H13N3O4. The monoisotopic (exact) mass is 275 g/mol. The SMILES string of the molecule is N#Cc1ccc(NC2CCCC2C(=O)O)cc1[N+](=O)[O-]. The molecule has 0 aromatic heterocycles. The number of nitro benzene ring substituents is 1. The van der Waals surface area contributed by atoms with E-state index >= 15 is 0 Å². The highest BCUT2D eigenvalue weighted by Gasteiger charge is 2.33. The van der Waals surface area contributed by atoms with E-state index in [1.807, 2.05) is 0 Å². The first-order valence-corrected chi connectivity index (χ1v) is 6.21. The standard InChI is InChI=1S/C13H13N3O4/c14-7-8-4-5-9(6-12(8)16(19)20)15-11-3-1-2-10(11)13(17)18/h4-6,10-11,15H,1-3H2,(H,17,18). The summed E-state index contributed by atoms with van der Waals surface area (Å²) in [6.45, 7) is 0. The Morgan fingerprint density at radius 1 is 1.50 bits per heavy atom. The average molecular weight is 275 g/mol. The van der Waals surface area contributed by atoms with Gasteiger partial charge in [0.15, 0.2) is 0 Å². The summed E-state index contributed by atoms with van der Waals surface area (Å²) < 4.78 is 0. The summed E-state index contributed by atoms with van der Waals surface area (Å²) in [4.78, 5) is 21.3. The van der Waals surface area contributed by atoms with Crippen LogP contribution in [0.3, 0.4) is 0 Å². The number of carboxylic acid groups (broad SMARTS) is 1. The van der Waals surface area contributed by atoms with Gasteiger partial charge in [-0.3, -0.25) is 14.9 Å². The topological polar surface area (TPSA) is 116 Å². The third-order valence-electron chi connectivity index (χ3n) is 3.50. The first-order valence-electron chi connectivity index (χ1n) is 6.21. The molecule has 0 amide bonds. The van der Waals surface area contributed by atoms with Crippen molar-refractivity contribution in [1.29, 1.82) is 5.26 Å². The van der Waals surface area contributed by atoms with Crippen LogP contribution in [0.15, 0.2) is 18.2 Å². The number of nitrogens with zero attached hydrogens (tertiary/aromatic N) is 2. The van der Waals surface area contributed by atoms with Gasteiger partial charge in [0.2, 0.25) is 0 Å². The second-order valence-electron chi connectivity index (χ2n) is 4.73. The van der Waals surface area contributed by atoms with Crippen LogP contribution in [0, 0.1) is 27.4 Å². The molecule has 0 spiro atoms. The quantitative estimate of drug-likeness (QED) is 0.642. The van der Waals surface area contributed by atoms with Gasteiger partial charge in [-0.1, -0.05) is 6.42 Å². The molecule has 2 atom stereocenters. The lowest BCUT2D eigenvalue weighted by Gasteiger charge is -2.18. The number of nitriles is 1. The van der Waals surface area contributed by atoms with Crippen LogP contribution < -0.4 is 5.32 Å². The van der Waals surface area contributed by atoms with Crippen molar-refractivity contribution < 1.29 is 14.8 Å². The zero-order valence-corrected chi connectivity index (χ0v) is 10.6. The number of nitrogens with one attached hydrogen (secondary N) is 1. The fourth-order valence-electron chi connectivity index (χ4n) is 2.51. The van der Waals surface area contributed by atoms with Crippen molar-refractivity contribution in [2.24, 2.45) is 5.92 Å². The molecule has 0 heterocycles. The third kappa shape index (κ3) is 2.69. The van der Waals surface area contributed by atoms with Gasteiger partial charge in [-0.05, 0) is 25.0 Å². The van der Waals surface area contributed by atoms with Crippen LogP contribution in [0.5, 0.6) is 0 Å². The molecule has 2 unspecified atom stereocenters. The summed E-state index contributed by atoms with van der Waals surface area (Å²) in [5.41, 5.74) is 0.179. The predicted molar refractivity (Wildman–Crippen MR) is 70.2 cm³/mol. The number of nitro groups is 1. The van der Waals surface area contributed by atoms with Crippen molar-refractivity contribution in [3.8, 4) is 6.07 Å². The highest BCUT2D eigenvalue weighted by molar-refractivity contribution is 5.72. The third-order valence-corrected chi connectivity index (χ3v) is 3.50. The van der Waals surface area contributed by atoms with Gasteiger partial charge in [0.25, 0.3) is 5.69 Å². The van der Waals surface area contributed by atoms with Crippen molar-refractivity contribution in [3.63, 3.8) is 0 Å². The number of carboxylic acids is 1. The molecule has 1 aromatic rings. The van der Waals surface area contributed by atoms with E-state index in [9.17, 15) is 14.9 Å². The van der Waals surface area contributed by atoms with Gasteiger partial charge in [-0.2, -0.15) is 5.26 Å². The zero-order valence-electron chi connectivity index (χ0n) is 10.6. The summed E-state index contributed by atoms with van der Waals surface area (Å²) in [5.74, 6) is -1.34. The van der Waals surface area contributed by atoms with E-state index in [0.29, 0.717) is 18.5 Å². The van der Waals surface area contributed by atoms with Crippen LogP contribution in [0.2, 0.25) is 0 Å². The van der Waals surface area contributed by atoms with E-state index in [0.717, 1.165) is 6.42 Å². The normalized spacial score (nSPS) is 21.1. The molecule has 7 heteroatoms. The van der Waals surface area contributed by atoms with Crippen LogP contribution in [0.1, 0.15) is 24.8 Å². The largest absolute Gasteiger partial charge is 0.481 e. The molecule has 1 aliphatic carbocycles. The summed E-state index contributed by atoms with van der Waals surface area (Å²) in [7, 11) is 0. The lowest BCUT2D eigenvalue weighted by atomic mass is 10.0. The van der Waals surface area contributed by atoms with Crippen LogP contribution >= 0.6 is 0 Å². The molecule has 1 aromatic carbocycles. The Morgan fingerprint density at radius 2 is 2.25 bits per heavy atom. The summed E-state index contributed by atoms with van der Waals surface area (Å²) in [6.07, 6.45) is 2.13. The minimum atomic E-state index is -0.858. The number of hydrogen-bond acceptors (Lipinski definition) is 5. The zero-order chi connectivity index (χ0) is 14.7. The average Bonchev–Trinajstić information content (AvgIpc) is 2.87. The minimum absolute atomic E-state index is 0.0123. The van der Waals surface area contributed by atoms with Gasteiger partial charge < -0.3 is 10.4 Å². The van der Waals surface area contributed by atoms with Gasteiger partial charge in [-0.15, -0.1) is 0 Å². The van der Waals surface area contributed by atoms with Gasteiger partial charge in [0.05, 0.1) is 10.8 Å². The van der Waals surface area contributed by atoms with E-state index < -0.39 is 16.8 Å². The predicted octanol–water partition coefficient (Wildman–Crippen LogP) is 2.13. The Morgan fingerprint density at radius 3 is 2.85 bits per heavy atom. The maximum Gasteiger partial charge on any atom is 0.308 e. The highest BCUT2D eigenvalue weighted by Crippen LogP contribution is 2.30. The van der Waals surface area contributed by atoms with Gasteiger partial charge in [-0.25, -0.2) is 0 Å². The summed E-state index contributed by atoms with van der Waals surface area (Å²) in [6, 6.07) is 5.72. The van der Waals surface area contributed by atoms with Crippen LogP contribution in [-0.4, -0.2) is 22.0 Å².